The smallest absolute Gasteiger partial charge is 0.210 e. The van der Waals surface area contributed by atoms with Crippen LogP contribution in [0.15, 0.2) is 59.3 Å². The summed E-state index contributed by atoms with van der Waals surface area (Å²) in [5.74, 6) is -0.283. The lowest BCUT2D eigenvalue weighted by Crippen LogP contribution is -2.54. The van der Waals surface area contributed by atoms with Crippen LogP contribution in [0.1, 0.15) is 24.0 Å². The summed E-state index contributed by atoms with van der Waals surface area (Å²) in [5.41, 5.74) is 9.40. The largest absolute Gasteiger partial charge is 0.368 e. The van der Waals surface area contributed by atoms with Crippen LogP contribution in [0.5, 0.6) is 0 Å². The molecule has 2 aromatic carbocycles. The first-order valence-corrected chi connectivity index (χ1v) is 10.1. The number of halogens is 2. The van der Waals surface area contributed by atoms with Gasteiger partial charge in [0, 0.05) is 33.4 Å². The highest BCUT2D eigenvalue weighted by Crippen LogP contribution is 2.30. The van der Waals surface area contributed by atoms with E-state index in [2.05, 4.69) is 33.1 Å². The van der Waals surface area contributed by atoms with Gasteiger partial charge in [-0.05, 0) is 49.7 Å². The number of benzene rings is 2. The van der Waals surface area contributed by atoms with Crippen molar-refractivity contribution in [1.82, 2.24) is 16.0 Å². The Bertz CT molecular complexity index is 886. The zero-order valence-electron chi connectivity index (χ0n) is 15.4. The maximum Gasteiger partial charge on any atom is 0.210 e. The summed E-state index contributed by atoms with van der Waals surface area (Å²) in [6, 6.07) is 15.8. The van der Waals surface area contributed by atoms with Gasteiger partial charge in [-0.3, -0.25) is 5.73 Å². The molecule has 7 heteroatoms. The third kappa shape index (κ3) is 4.18. The van der Waals surface area contributed by atoms with Crippen LogP contribution in [0.3, 0.4) is 0 Å². The molecule has 0 spiro atoms. The van der Waals surface area contributed by atoms with E-state index in [1.165, 1.54) is 0 Å². The van der Waals surface area contributed by atoms with Gasteiger partial charge in [0.05, 0.1) is 0 Å². The Morgan fingerprint density at radius 3 is 2.39 bits per heavy atom. The number of aliphatic imine (C=N–C) groups is 1. The maximum atomic E-state index is 6.64. The fourth-order valence-corrected chi connectivity index (χ4v) is 4.09. The molecule has 0 radical (unpaired) electrons. The second kappa shape index (κ2) is 8.13. The first kappa shape index (κ1) is 19.3. The van der Waals surface area contributed by atoms with Crippen molar-refractivity contribution >= 4 is 35.0 Å². The first-order valence-electron chi connectivity index (χ1n) is 9.39. The average Bonchev–Trinajstić information content (AvgIpc) is 2.69. The molecule has 1 fully saturated rings. The fraction of sp³-hybridized carbons (Fsp3) is 0.286. The van der Waals surface area contributed by atoms with Crippen molar-refractivity contribution in [1.29, 1.82) is 0 Å². The van der Waals surface area contributed by atoms with Gasteiger partial charge >= 0.3 is 0 Å². The van der Waals surface area contributed by atoms with Crippen molar-refractivity contribution in [2.75, 3.05) is 13.1 Å². The predicted octanol–water partition coefficient (Wildman–Crippen LogP) is 3.45. The minimum atomic E-state index is -1.15. The molecule has 0 aliphatic carbocycles. The third-order valence-corrected chi connectivity index (χ3v) is 5.49. The Hall–Kier alpha value is -2.05. The molecule has 146 valence electrons. The lowest BCUT2D eigenvalue weighted by Gasteiger charge is -2.36. The van der Waals surface area contributed by atoms with E-state index in [4.69, 9.17) is 28.9 Å². The Kier molecular flexibility index (Phi) is 5.60. The lowest BCUT2D eigenvalue weighted by atomic mass is 10.0. The predicted molar refractivity (Wildman–Crippen MR) is 116 cm³/mol. The van der Waals surface area contributed by atoms with E-state index in [1.807, 2.05) is 24.4 Å². The van der Waals surface area contributed by atoms with Crippen LogP contribution in [0.2, 0.25) is 10.0 Å². The minimum absolute atomic E-state index is 0.362. The van der Waals surface area contributed by atoms with Crippen molar-refractivity contribution in [2.45, 2.75) is 24.7 Å². The van der Waals surface area contributed by atoms with E-state index in [0.29, 0.717) is 21.7 Å². The number of rotatable bonds is 4. The van der Waals surface area contributed by atoms with Crippen LogP contribution in [-0.2, 0) is 5.79 Å². The molecular formula is C21H23Cl2N5. The summed E-state index contributed by atoms with van der Waals surface area (Å²) in [5, 5.41) is 11.5. The van der Waals surface area contributed by atoms with Gasteiger partial charge in [0.1, 0.15) is 5.82 Å². The average molecular weight is 416 g/mol. The van der Waals surface area contributed by atoms with Crippen LogP contribution in [0, 0.1) is 0 Å². The lowest BCUT2D eigenvalue weighted by molar-refractivity contribution is 0.350. The Labute approximate surface area is 175 Å². The molecule has 5 N–H and O–H groups in total. The number of hydrogen-bond donors (Lipinski definition) is 4. The summed E-state index contributed by atoms with van der Waals surface area (Å²) in [6.07, 6.45) is 3.92. The Balaban J connectivity index is 1.70. The zero-order chi connectivity index (χ0) is 19.6. The van der Waals surface area contributed by atoms with Crippen LogP contribution in [-0.4, -0.2) is 25.3 Å². The molecule has 1 unspecified atom stereocenters. The molecule has 0 amide bonds. The molecule has 1 saturated heterocycles. The zero-order valence-corrected chi connectivity index (χ0v) is 16.9. The molecule has 2 heterocycles. The molecule has 1 atom stereocenters. The van der Waals surface area contributed by atoms with Gasteiger partial charge in [0.25, 0.3) is 0 Å². The first-order chi connectivity index (χ1) is 13.5. The van der Waals surface area contributed by atoms with Crippen molar-refractivity contribution in [2.24, 2.45) is 10.7 Å². The molecule has 0 saturated carbocycles. The topological polar surface area (TPSA) is 74.5 Å². The van der Waals surface area contributed by atoms with E-state index in [1.54, 1.807) is 18.2 Å². The maximum absolute atomic E-state index is 6.64. The second-order valence-electron chi connectivity index (χ2n) is 7.13. The highest BCUT2D eigenvalue weighted by molar-refractivity contribution is 6.34. The Morgan fingerprint density at radius 1 is 1.04 bits per heavy atom. The number of hydrogen-bond acceptors (Lipinski definition) is 5. The molecule has 2 aliphatic heterocycles. The van der Waals surface area contributed by atoms with Crippen LogP contribution < -0.4 is 21.7 Å². The normalized spacial score (nSPS) is 22.8. The van der Waals surface area contributed by atoms with E-state index in [-0.39, 0.29) is 0 Å². The van der Waals surface area contributed by atoms with Gasteiger partial charge in [-0.2, -0.15) is 0 Å². The summed E-state index contributed by atoms with van der Waals surface area (Å²) in [4.78, 5) is 4.63. The molecule has 28 heavy (non-hydrogen) atoms. The number of allylic oxidation sites excluding steroid dienone is 1. The third-order valence-electron chi connectivity index (χ3n) is 5.06. The molecule has 4 rings (SSSR count). The highest BCUT2D eigenvalue weighted by Gasteiger charge is 2.32. The van der Waals surface area contributed by atoms with Gasteiger partial charge in [-0.25, -0.2) is 4.99 Å². The van der Waals surface area contributed by atoms with Crippen LogP contribution in [0.4, 0.5) is 0 Å². The molecular weight excluding hydrogens is 393 g/mol. The summed E-state index contributed by atoms with van der Waals surface area (Å²) >= 11 is 12.4. The number of nitrogens with one attached hydrogen (secondary N) is 3. The standard InChI is InChI=1S/C21H23Cl2N5/c22-16-10-15(11-17(23)12-16)21(24)26-13-19(14-4-2-1-3-5-14)20(28-21)27-18-6-8-25-9-7-18/h1-5,10-13,18,25,27-28H,6-9,24H2. The van der Waals surface area contributed by atoms with E-state index in [0.717, 1.165) is 42.9 Å². The van der Waals surface area contributed by atoms with E-state index < -0.39 is 5.79 Å². The molecule has 2 aromatic rings. The van der Waals surface area contributed by atoms with Gasteiger partial charge in [-0.1, -0.05) is 53.5 Å². The van der Waals surface area contributed by atoms with E-state index in [9.17, 15) is 0 Å². The van der Waals surface area contributed by atoms with Gasteiger partial charge < -0.3 is 16.0 Å². The summed E-state index contributed by atoms with van der Waals surface area (Å²) < 4.78 is 0. The fourth-order valence-electron chi connectivity index (χ4n) is 3.56. The number of nitrogens with two attached hydrogens (primary N) is 1. The van der Waals surface area contributed by atoms with Crippen molar-refractivity contribution < 1.29 is 0 Å². The van der Waals surface area contributed by atoms with Gasteiger partial charge in [0.15, 0.2) is 0 Å². The van der Waals surface area contributed by atoms with Gasteiger partial charge in [0.2, 0.25) is 5.79 Å². The molecule has 0 bridgehead atoms. The minimum Gasteiger partial charge on any atom is -0.368 e. The summed E-state index contributed by atoms with van der Waals surface area (Å²) in [7, 11) is 0. The Morgan fingerprint density at radius 2 is 1.71 bits per heavy atom. The monoisotopic (exact) mass is 415 g/mol. The highest BCUT2D eigenvalue weighted by atomic mass is 35.5. The van der Waals surface area contributed by atoms with E-state index >= 15 is 0 Å². The van der Waals surface area contributed by atoms with Crippen molar-refractivity contribution in [3.63, 3.8) is 0 Å². The van der Waals surface area contributed by atoms with Crippen LogP contribution in [0.25, 0.3) is 5.57 Å². The molecule has 2 aliphatic rings. The van der Waals surface area contributed by atoms with Gasteiger partial charge in [-0.15, -0.1) is 0 Å². The van der Waals surface area contributed by atoms with Crippen LogP contribution >= 0.6 is 23.2 Å². The van der Waals surface area contributed by atoms with Crippen molar-refractivity contribution in [3.05, 3.63) is 75.5 Å². The van der Waals surface area contributed by atoms with Crippen molar-refractivity contribution in [3.8, 4) is 0 Å². The molecule has 0 aromatic heterocycles. The SMILES string of the molecule is NC1(c2cc(Cl)cc(Cl)c2)N=CC(c2ccccc2)=C(NC2CCNCC2)N1. The summed E-state index contributed by atoms with van der Waals surface area (Å²) in [6.45, 7) is 1.99. The second-order valence-corrected chi connectivity index (χ2v) is 8.00. The molecule has 5 nitrogen and oxygen atoms in total. The number of nitrogens with zero attached hydrogens (tertiary/aromatic N) is 1. The number of piperidine rings is 1. The quantitative estimate of drug-likeness (QED) is 0.616.